The van der Waals surface area contributed by atoms with Gasteiger partial charge in [-0.05, 0) is 31.5 Å². The summed E-state index contributed by atoms with van der Waals surface area (Å²) in [4.78, 5) is 14.0. The molecule has 0 unspecified atom stereocenters. The molecule has 3 rings (SSSR count). The fraction of sp³-hybridized carbons (Fsp3) is 0.400. The van der Waals surface area contributed by atoms with Gasteiger partial charge in [-0.2, -0.15) is 0 Å². The van der Waals surface area contributed by atoms with E-state index in [9.17, 15) is 4.79 Å². The molecule has 1 aromatic carbocycles. The van der Waals surface area contributed by atoms with Crippen LogP contribution in [0.3, 0.4) is 0 Å². The van der Waals surface area contributed by atoms with E-state index in [-0.39, 0.29) is 18.6 Å². The molecule has 116 valence electrons. The first-order valence-electron chi connectivity index (χ1n) is 7.14. The van der Waals surface area contributed by atoms with E-state index < -0.39 is 0 Å². The van der Waals surface area contributed by atoms with Gasteiger partial charge in [0.2, 0.25) is 5.13 Å². The Bertz CT molecular complexity index is 667. The smallest absolute Gasteiger partial charge is 0.258 e. The molecule has 0 bridgehead atoms. The van der Waals surface area contributed by atoms with Gasteiger partial charge in [-0.25, -0.2) is 0 Å². The first-order valence-corrected chi connectivity index (χ1v) is 7.96. The lowest BCUT2D eigenvalue weighted by Gasteiger charge is -2.38. The summed E-state index contributed by atoms with van der Waals surface area (Å²) in [5, 5.41) is 12.9. The number of ether oxygens (including phenoxy) is 1. The predicted molar refractivity (Wildman–Crippen MR) is 85.5 cm³/mol. The van der Waals surface area contributed by atoms with Gasteiger partial charge in [0.1, 0.15) is 10.8 Å². The average Bonchev–Trinajstić information content (AvgIpc) is 2.86. The van der Waals surface area contributed by atoms with Crippen LogP contribution in [0.2, 0.25) is 0 Å². The molecular formula is C15H18N4O2S. The van der Waals surface area contributed by atoms with Crippen molar-refractivity contribution < 1.29 is 9.53 Å². The van der Waals surface area contributed by atoms with Gasteiger partial charge in [0.25, 0.3) is 5.91 Å². The highest BCUT2D eigenvalue weighted by atomic mass is 32.1. The number of rotatable bonds is 5. The second-order valence-corrected chi connectivity index (χ2v) is 6.54. The molecule has 2 aromatic rings. The molecule has 2 heterocycles. The summed E-state index contributed by atoms with van der Waals surface area (Å²) in [6, 6.07) is 7.82. The number of carbonyl (C=O) groups is 1. The molecule has 7 heteroatoms. The van der Waals surface area contributed by atoms with E-state index in [0.29, 0.717) is 0 Å². The molecule has 1 N–H and O–H groups in total. The maximum absolute atomic E-state index is 11.9. The van der Waals surface area contributed by atoms with Crippen molar-refractivity contribution in [2.45, 2.75) is 19.9 Å². The maximum atomic E-state index is 11.9. The van der Waals surface area contributed by atoms with Gasteiger partial charge in [0, 0.05) is 13.1 Å². The van der Waals surface area contributed by atoms with Crippen molar-refractivity contribution in [3.8, 4) is 5.75 Å². The van der Waals surface area contributed by atoms with Crippen molar-refractivity contribution in [3.63, 3.8) is 0 Å². The third-order valence-corrected chi connectivity index (χ3v) is 4.29. The molecule has 0 atom stereocenters. The molecule has 1 fully saturated rings. The van der Waals surface area contributed by atoms with Crippen molar-refractivity contribution in [3.05, 3.63) is 34.8 Å². The zero-order valence-electron chi connectivity index (χ0n) is 12.6. The molecule has 0 saturated carbocycles. The maximum Gasteiger partial charge on any atom is 0.258 e. The molecule has 6 nitrogen and oxygen atoms in total. The Hall–Kier alpha value is -2.15. The third kappa shape index (κ3) is 3.54. The lowest BCUT2D eigenvalue weighted by atomic mass is 10.1. The minimum atomic E-state index is -0.0976. The number of anilines is 1. The Kier molecular flexibility index (Phi) is 4.24. The standard InChI is InChI=1S/C15H18N4O2S/c1-10-4-3-5-13(6-10)21-9-14(20)16-12-7-19(8-12)15-18-17-11(2)22-15/h3-6,12H,7-9H2,1-2H3,(H,16,20). The topological polar surface area (TPSA) is 67.3 Å². The Morgan fingerprint density at radius 3 is 2.91 bits per heavy atom. The van der Waals surface area contributed by atoms with Gasteiger partial charge < -0.3 is 15.0 Å². The van der Waals surface area contributed by atoms with E-state index in [1.165, 1.54) is 0 Å². The second-order valence-electron chi connectivity index (χ2n) is 5.38. The fourth-order valence-electron chi connectivity index (χ4n) is 2.26. The van der Waals surface area contributed by atoms with Crippen LogP contribution in [0.5, 0.6) is 5.75 Å². The molecule has 1 aliphatic rings. The predicted octanol–water partition coefficient (Wildman–Crippen LogP) is 1.54. The first kappa shape index (κ1) is 14.8. The molecular weight excluding hydrogens is 300 g/mol. The van der Waals surface area contributed by atoms with Gasteiger partial charge in [0.15, 0.2) is 6.61 Å². The van der Waals surface area contributed by atoms with Crippen molar-refractivity contribution in [1.29, 1.82) is 0 Å². The van der Waals surface area contributed by atoms with Gasteiger partial charge in [-0.15, -0.1) is 10.2 Å². The number of benzene rings is 1. The molecule has 0 spiro atoms. The highest BCUT2D eigenvalue weighted by Crippen LogP contribution is 2.24. The van der Waals surface area contributed by atoms with Gasteiger partial charge in [-0.3, -0.25) is 4.79 Å². The number of amides is 1. The minimum absolute atomic E-state index is 0.0396. The van der Waals surface area contributed by atoms with Gasteiger partial charge in [-0.1, -0.05) is 23.5 Å². The number of hydrogen-bond acceptors (Lipinski definition) is 6. The SMILES string of the molecule is Cc1cccc(OCC(=O)NC2CN(c3nnc(C)s3)C2)c1. The molecule has 1 aliphatic heterocycles. The Morgan fingerprint density at radius 2 is 2.23 bits per heavy atom. The number of nitrogens with zero attached hydrogens (tertiary/aromatic N) is 3. The third-order valence-electron chi connectivity index (χ3n) is 3.39. The highest BCUT2D eigenvalue weighted by molar-refractivity contribution is 7.15. The fourth-order valence-corrected chi connectivity index (χ4v) is 2.97. The quantitative estimate of drug-likeness (QED) is 0.906. The average molecular weight is 318 g/mol. The summed E-state index contributed by atoms with van der Waals surface area (Å²) in [6.45, 7) is 5.50. The number of carbonyl (C=O) groups excluding carboxylic acids is 1. The van der Waals surface area contributed by atoms with Crippen molar-refractivity contribution in [2.24, 2.45) is 0 Å². The van der Waals surface area contributed by atoms with Crippen molar-refractivity contribution in [2.75, 3.05) is 24.6 Å². The minimum Gasteiger partial charge on any atom is -0.484 e. The van der Waals surface area contributed by atoms with Crippen molar-refractivity contribution >= 4 is 22.4 Å². The second kappa shape index (κ2) is 6.31. The summed E-state index contributed by atoms with van der Waals surface area (Å²) in [5.41, 5.74) is 1.11. The van der Waals surface area contributed by atoms with E-state index in [2.05, 4.69) is 20.4 Å². The van der Waals surface area contributed by atoms with Gasteiger partial charge >= 0.3 is 0 Å². The summed E-state index contributed by atoms with van der Waals surface area (Å²) in [7, 11) is 0. The summed E-state index contributed by atoms with van der Waals surface area (Å²) >= 11 is 1.57. The van der Waals surface area contributed by atoms with Crippen LogP contribution in [-0.4, -0.2) is 41.8 Å². The molecule has 1 amide bonds. The normalized spacial score (nSPS) is 14.5. The Balaban J connectivity index is 1.40. The highest BCUT2D eigenvalue weighted by Gasteiger charge is 2.30. The monoisotopic (exact) mass is 318 g/mol. The van der Waals surface area contributed by atoms with Crippen LogP contribution in [-0.2, 0) is 4.79 Å². The van der Waals surface area contributed by atoms with Gasteiger partial charge in [0.05, 0.1) is 6.04 Å². The van der Waals surface area contributed by atoms with Crippen LogP contribution >= 0.6 is 11.3 Å². The lowest BCUT2D eigenvalue weighted by molar-refractivity contribution is -0.123. The van der Waals surface area contributed by atoms with Crippen LogP contribution in [0.25, 0.3) is 0 Å². The summed E-state index contributed by atoms with van der Waals surface area (Å²) in [5.74, 6) is 0.620. The molecule has 1 aromatic heterocycles. The van der Waals surface area contributed by atoms with E-state index in [0.717, 1.165) is 34.5 Å². The van der Waals surface area contributed by atoms with E-state index in [1.807, 2.05) is 38.1 Å². The van der Waals surface area contributed by atoms with Crippen LogP contribution in [0.4, 0.5) is 5.13 Å². The van der Waals surface area contributed by atoms with Crippen LogP contribution in [0, 0.1) is 13.8 Å². The number of aryl methyl sites for hydroxylation is 2. The zero-order chi connectivity index (χ0) is 15.5. The number of aromatic nitrogens is 2. The summed E-state index contributed by atoms with van der Waals surface area (Å²) < 4.78 is 5.49. The Labute approximate surface area is 133 Å². The molecule has 0 radical (unpaired) electrons. The van der Waals surface area contributed by atoms with Crippen LogP contribution in [0.1, 0.15) is 10.6 Å². The van der Waals surface area contributed by atoms with E-state index >= 15 is 0 Å². The largest absolute Gasteiger partial charge is 0.484 e. The molecule has 0 aliphatic carbocycles. The van der Waals surface area contributed by atoms with E-state index in [4.69, 9.17) is 4.74 Å². The lowest BCUT2D eigenvalue weighted by Crippen LogP contribution is -2.60. The summed E-state index contributed by atoms with van der Waals surface area (Å²) in [6.07, 6.45) is 0. The molecule has 1 saturated heterocycles. The zero-order valence-corrected chi connectivity index (χ0v) is 13.4. The van der Waals surface area contributed by atoms with Crippen LogP contribution < -0.4 is 15.0 Å². The van der Waals surface area contributed by atoms with Crippen LogP contribution in [0.15, 0.2) is 24.3 Å². The Morgan fingerprint density at radius 1 is 1.41 bits per heavy atom. The number of nitrogens with one attached hydrogen (secondary N) is 1. The first-order chi connectivity index (χ1) is 10.6. The van der Waals surface area contributed by atoms with Crippen molar-refractivity contribution in [1.82, 2.24) is 15.5 Å². The van der Waals surface area contributed by atoms with E-state index in [1.54, 1.807) is 11.3 Å². The molecule has 22 heavy (non-hydrogen) atoms. The number of hydrogen-bond donors (Lipinski definition) is 1.